The van der Waals surface area contributed by atoms with Crippen molar-refractivity contribution in [2.75, 3.05) is 0 Å². The Morgan fingerprint density at radius 1 is 0.500 bits per heavy atom. The average molecular weight is 645 g/mol. The van der Waals surface area contributed by atoms with Crippen molar-refractivity contribution >= 4 is 21.5 Å². The molecule has 1 aromatic heterocycles. The van der Waals surface area contributed by atoms with Gasteiger partial charge in [0.15, 0.2) is 17.5 Å². The van der Waals surface area contributed by atoms with Crippen molar-refractivity contribution in [2.24, 2.45) is 17.8 Å². The molecule has 4 heteroatoms. The third-order valence-electron chi connectivity index (χ3n) is 11.9. The van der Waals surface area contributed by atoms with Gasteiger partial charge >= 0.3 is 0 Å². The van der Waals surface area contributed by atoms with E-state index in [0.29, 0.717) is 28.5 Å². The molecule has 6 aromatic carbocycles. The summed E-state index contributed by atoms with van der Waals surface area (Å²) in [5.74, 6) is 4.78. The summed E-state index contributed by atoms with van der Waals surface area (Å²) >= 11 is 0. The first-order chi connectivity index (χ1) is 24.6. The van der Waals surface area contributed by atoms with Crippen LogP contribution in [0.2, 0.25) is 0 Å². The highest BCUT2D eigenvalue weighted by molar-refractivity contribution is 6.12. The van der Waals surface area contributed by atoms with Gasteiger partial charge in [0.1, 0.15) is 0 Å². The molecule has 0 amide bonds. The minimum Gasteiger partial charge on any atom is -0.208 e. The van der Waals surface area contributed by atoms with Crippen molar-refractivity contribution in [1.82, 2.24) is 15.0 Å². The predicted molar refractivity (Wildman–Crippen MR) is 201 cm³/mol. The Hall–Kier alpha value is -5.66. The molecular weight excluding hydrogens is 609 g/mol. The molecule has 4 aliphatic carbocycles. The van der Waals surface area contributed by atoms with Gasteiger partial charge in [-0.05, 0) is 118 Å². The lowest BCUT2D eigenvalue weighted by Gasteiger charge is -2.57. The molecule has 11 rings (SSSR count). The maximum atomic E-state index is 9.57. The maximum Gasteiger partial charge on any atom is 0.164 e. The van der Waals surface area contributed by atoms with Crippen LogP contribution in [-0.2, 0) is 5.41 Å². The average Bonchev–Trinajstić information content (AvgIpc) is 3.17. The second-order valence-corrected chi connectivity index (χ2v) is 15.0. The molecule has 7 aromatic rings. The first-order valence-electron chi connectivity index (χ1n) is 18.0. The van der Waals surface area contributed by atoms with Crippen LogP contribution in [-0.4, -0.2) is 15.0 Å². The number of benzene rings is 6. The molecule has 0 N–H and O–H groups in total. The summed E-state index contributed by atoms with van der Waals surface area (Å²) in [4.78, 5) is 15.2. The first-order valence-corrected chi connectivity index (χ1v) is 18.0. The third-order valence-corrected chi connectivity index (χ3v) is 11.9. The minimum absolute atomic E-state index is 0.360. The fourth-order valence-electron chi connectivity index (χ4n) is 10.0. The van der Waals surface area contributed by atoms with Crippen molar-refractivity contribution in [3.8, 4) is 51.4 Å². The van der Waals surface area contributed by atoms with Crippen molar-refractivity contribution in [3.05, 3.63) is 139 Å². The summed E-state index contributed by atoms with van der Waals surface area (Å²) in [6.45, 7) is 0. The lowest BCUT2D eigenvalue weighted by Crippen LogP contribution is -2.48. The van der Waals surface area contributed by atoms with Gasteiger partial charge in [-0.2, -0.15) is 5.26 Å². The normalized spacial score (nSPS) is 22.2. The van der Waals surface area contributed by atoms with Gasteiger partial charge in [-0.25, -0.2) is 15.0 Å². The Labute approximate surface area is 292 Å². The van der Waals surface area contributed by atoms with Gasteiger partial charge in [-0.3, -0.25) is 0 Å². The molecule has 0 radical (unpaired) electrons. The Balaban J connectivity index is 1.06. The van der Waals surface area contributed by atoms with Crippen molar-refractivity contribution in [3.63, 3.8) is 0 Å². The SMILES string of the molecule is N#Cc1ccc2ccc3c(-c4cccc(-c5nc(-c6ccccc6)nc(-c6ccc(C78CC9CC(CC(C9)C7)C8)cc6)n5)c4)cccc3c2c1. The Kier molecular flexibility index (Phi) is 6.71. The van der Waals surface area contributed by atoms with Crippen LogP contribution in [0.5, 0.6) is 0 Å². The molecule has 0 unspecified atom stereocenters. The molecule has 4 saturated carbocycles. The maximum absolute atomic E-state index is 9.57. The fraction of sp³-hybridized carbons (Fsp3) is 0.217. The van der Waals surface area contributed by atoms with Crippen molar-refractivity contribution in [2.45, 2.75) is 43.9 Å². The molecule has 1 heterocycles. The summed E-state index contributed by atoms with van der Waals surface area (Å²) in [6.07, 6.45) is 8.43. The number of aromatic nitrogens is 3. The van der Waals surface area contributed by atoms with Gasteiger partial charge in [0.05, 0.1) is 11.6 Å². The molecule has 0 atom stereocenters. The summed E-state index contributed by atoms with van der Waals surface area (Å²) < 4.78 is 0. The van der Waals surface area contributed by atoms with Gasteiger partial charge < -0.3 is 0 Å². The number of hydrogen-bond acceptors (Lipinski definition) is 4. The number of nitriles is 1. The van der Waals surface area contributed by atoms with E-state index in [9.17, 15) is 5.26 Å². The number of fused-ring (bicyclic) bond motifs is 3. The van der Waals surface area contributed by atoms with E-state index in [2.05, 4.69) is 97.1 Å². The van der Waals surface area contributed by atoms with Gasteiger partial charge in [-0.1, -0.05) is 109 Å². The van der Waals surface area contributed by atoms with Crippen LogP contribution in [0.25, 0.3) is 66.8 Å². The second-order valence-electron chi connectivity index (χ2n) is 15.0. The molecule has 4 nitrogen and oxygen atoms in total. The summed E-state index contributed by atoms with van der Waals surface area (Å²) in [5, 5.41) is 14.1. The topological polar surface area (TPSA) is 62.5 Å². The van der Waals surface area contributed by atoms with E-state index in [1.807, 2.05) is 36.4 Å². The Morgan fingerprint density at radius 2 is 1.10 bits per heavy atom. The zero-order valence-corrected chi connectivity index (χ0v) is 27.9. The van der Waals surface area contributed by atoms with Gasteiger partial charge in [0, 0.05) is 16.7 Å². The highest BCUT2D eigenvalue weighted by Crippen LogP contribution is 2.60. The standard InChI is InChI=1S/C46H36N4/c47-28-29-12-13-33-16-19-41-39(10-5-11-40(41)42(33)23-29)36-8-4-9-37(24-36)45-49-43(34-6-2-1-3-7-34)48-44(50-45)35-14-17-38(18-15-35)46-25-30-20-31(26-46)22-32(21-30)27-46/h1-19,23-24,30-32H,20-22,25-27H2. The molecule has 4 bridgehead atoms. The van der Waals surface area contributed by atoms with Crippen LogP contribution >= 0.6 is 0 Å². The van der Waals surface area contributed by atoms with Crippen LogP contribution in [0.15, 0.2) is 127 Å². The quantitative estimate of drug-likeness (QED) is 0.175. The molecule has 0 saturated heterocycles. The van der Waals surface area contributed by atoms with E-state index in [4.69, 9.17) is 15.0 Å². The zero-order valence-electron chi connectivity index (χ0n) is 27.9. The van der Waals surface area contributed by atoms with Crippen molar-refractivity contribution < 1.29 is 0 Å². The Bertz CT molecular complexity index is 2440. The minimum atomic E-state index is 0.360. The molecule has 50 heavy (non-hydrogen) atoms. The first kappa shape index (κ1) is 29.3. The summed E-state index contributed by atoms with van der Waals surface area (Å²) in [6, 6.07) is 46.9. The van der Waals surface area contributed by atoms with Gasteiger partial charge in [0.2, 0.25) is 0 Å². The van der Waals surface area contributed by atoms with Crippen molar-refractivity contribution in [1.29, 1.82) is 5.26 Å². The lowest BCUT2D eigenvalue weighted by molar-refractivity contribution is -0.00518. The third kappa shape index (κ3) is 4.91. The molecule has 4 fully saturated rings. The van der Waals surface area contributed by atoms with E-state index in [1.54, 1.807) is 0 Å². The highest BCUT2D eigenvalue weighted by atomic mass is 15.0. The van der Waals surface area contributed by atoms with E-state index in [-0.39, 0.29) is 0 Å². The number of hydrogen-bond donors (Lipinski definition) is 0. The molecular formula is C46H36N4. The largest absolute Gasteiger partial charge is 0.208 e. The molecule has 4 aliphatic rings. The highest BCUT2D eigenvalue weighted by Gasteiger charge is 2.51. The van der Waals surface area contributed by atoms with Crippen LogP contribution < -0.4 is 0 Å². The smallest absolute Gasteiger partial charge is 0.164 e. The van der Waals surface area contributed by atoms with Crippen LogP contribution in [0.4, 0.5) is 0 Å². The lowest BCUT2D eigenvalue weighted by atomic mass is 9.48. The molecule has 0 spiro atoms. The predicted octanol–water partition coefficient (Wildman–Crippen LogP) is 11.2. The molecule has 240 valence electrons. The van der Waals surface area contributed by atoms with E-state index in [0.717, 1.165) is 67.1 Å². The molecule has 0 aliphatic heterocycles. The second kappa shape index (κ2) is 11.5. The fourth-order valence-corrected chi connectivity index (χ4v) is 10.0. The Morgan fingerprint density at radius 3 is 1.80 bits per heavy atom. The summed E-state index contributed by atoms with van der Waals surface area (Å²) in [5.41, 5.74) is 7.69. The summed E-state index contributed by atoms with van der Waals surface area (Å²) in [7, 11) is 0. The van der Waals surface area contributed by atoms with Crippen LogP contribution in [0, 0.1) is 29.1 Å². The van der Waals surface area contributed by atoms with Crippen LogP contribution in [0.3, 0.4) is 0 Å². The van der Waals surface area contributed by atoms with Crippen LogP contribution in [0.1, 0.15) is 49.7 Å². The number of rotatable bonds is 5. The van der Waals surface area contributed by atoms with Gasteiger partial charge in [0.25, 0.3) is 0 Å². The van der Waals surface area contributed by atoms with E-state index < -0.39 is 0 Å². The number of nitrogens with zero attached hydrogens (tertiary/aromatic N) is 4. The monoisotopic (exact) mass is 644 g/mol. The van der Waals surface area contributed by atoms with E-state index >= 15 is 0 Å². The van der Waals surface area contributed by atoms with Gasteiger partial charge in [-0.15, -0.1) is 0 Å². The van der Waals surface area contributed by atoms with E-state index in [1.165, 1.54) is 44.1 Å². The zero-order chi connectivity index (χ0) is 33.2.